The first-order chi connectivity index (χ1) is 10.3. The predicted octanol–water partition coefficient (Wildman–Crippen LogP) is 3.82. The number of ether oxygens (including phenoxy) is 1. The Labute approximate surface area is 150 Å². The molecule has 0 saturated carbocycles. The Morgan fingerprint density at radius 1 is 1.09 bits per heavy atom. The average Bonchev–Trinajstić information content (AvgIpc) is 2.56. The van der Waals surface area contributed by atoms with Crippen molar-refractivity contribution in [2.45, 2.75) is 6.04 Å². The van der Waals surface area contributed by atoms with E-state index in [0.717, 1.165) is 31.9 Å². The molecule has 1 heterocycles. The third kappa shape index (κ3) is 4.39. The smallest absolute Gasteiger partial charge is 0.119 e. The number of benzene rings is 2. The molecular formula is C18H24Cl2N2O. The zero-order valence-electron chi connectivity index (χ0n) is 13.3. The minimum Gasteiger partial charge on any atom is -0.497 e. The summed E-state index contributed by atoms with van der Waals surface area (Å²) in [6, 6.07) is 13.1. The molecule has 2 aromatic rings. The van der Waals surface area contributed by atoms with Gasteiger partial charge in [-0.1, -0.05) is 24.3 Å². The van der Waals surface area contributed by atoms with E-state index in [1.807, 2.05) is 6.07 Å². The molecule has 1 atom stereocenters. The fourth-order valence-corrected chi connectivity index (χ4v) is 3.01. The topological polar surface area (TPSA) is 24.5 Å². The summed E-state index contributed by atoms with van der Waals surface area (Å²) in [7, 11) is 1.70. The monoisotopic (exact) mass is 354 g/mol. The molecule has 126 valence electrons. The van der Waals surface area contributed by atoms with Crippen LogP contribution in [0.25, 0.3) is 10.8 Å². The van der Waals surface area contributed by atoms with Crippen LogP contribution in [0.15, 0.2) is 49.1 Å². The highest BCUT2D eigenvalue weighted by atomic mass is 35.5. The van der Waals surface area contributed by atoms with Gasteiger partial charge < -0.3 is 10.1 Å². The fourth-order valence-electron chi connectivity index (χ4n) is 3.01. The predicted molar refractivity (Wildman–Crippen MR) is 102 cm³/mol. The number of halogens is 2. The lowest BCUT2D eigenvalue weighted by atomic mass is 10.00. The first kappa shape index (κ1) is 19.8. The number of hydrogen-bond acceptors (Lipinski definition) is 3. The van der Waals surface area contributed by atoms with Gasteiger partial charge in [-0.2, -0.15) is 0 Å². The van der Waals surface area contributed by atoms with Crippen molar-refractivity contribution >= 4 is 35.6 Å². The minimum atomic E-state index is 0. The van der Waals surface area contributed by atoms with Crippen LogP contribution in [0.4, 0.5) is 0 Å². The summed E-state index contributed by atoms with van der Waals surface area (Å²) in [5.74, 6) is 0.901. The summed E-state index contributed by atoms with van der Waals surface area (Å²) in [4.78, 5) is 2.48. The molecular weight excluding hydrogens is 331 g/mol. The first-order valence-electron chi connectivity index (χ1n) is 7.47. The lowest BCUT2D eigenvalue weighted by Crippen LogP contribution is -2.44. The van der Waals surface area contributed by atoms with E-state index in [-0.39, 0.29) is 24.8 Å². The van der Waals surface area contributed by atoms with Crippen molar-refractivity contribution in [1.82, 2.24) is 10.2 Å². The van der Waals surface area contributed by atoms with Crippen LogP contribution >= 0.6 is 24.8 Å². The molecule has 0 spiro atoms. The van der Waals surface area contributed by atoms with Gasteiger partial charge in [0.1, 0.15) is 5.75 Å². The van der Waals surface area contributed by atoms with E-state index in [1.54, 1.807) is 7.11 Å². The molecule has 1 aliphatic rings. The molecule has 5 heteroatoms. The van der Waals surface area contributed by atoms with Crippen molar-refractivity contribution in [3.63, 3.8) is 0 Å². The van der Waals surface area contributed by atoms with Crippen molar-refractivity contribution < 1.29 is 4.74 Å². The van der Waals surface area contributed by atoms with Crippen molar-refractivity contribution in [2.75, 3.05) is 33.3 Å². The highest BCUT2D eigenvalue weighted by Gasteiger charge is 2.19. The van der Waals surface area contributed by atoms with Gasteiger partial charge in [0.25, 0.3) is 0 Å². The second-order valence-electron chi connectivity index (χ2n) is 5.44. The van der Waals surface area contributed by atoms with Crippen molar-refractivity contribution in [1.29, 1.82) is 0 Å². The molecule has 2 aromatic carbocycles. The molecule has 1 fully saturated rings. The summed E-state index contributed by atoms with van der Waals surface area (Å²) in [6.07, 6.45) is 2.05. The van der Waals surface area contributed by atoms with Crippen molar-refractivity contribution in [3.8, 4) is 5.75 Å². The maximum atomic E-state index is 5.28. The Hall–Kier alpha value is -1.26. The van der Waals surface area contributed by atoms with Gasteiger partial charge in [0.05, 0.1) is 13.2 Å². The highest BCUT2D eigenvalue weighted by Crippen LogP contribution is 2.27. The van der Waals surface area contributed by atoms with Gasteiger partial charge in [-0.05, 0) is 34.5 Å². The van der Waals surface area contributed by atoms with Gasteiger partial charge in [0.2, 0.25) is 0 Å². The maximum Gasteiger partial charge on any atom is 0.119 e. The first-order valence-corrected chi connectivity index (χ1v) is 7.47. The van der Waals surface area contributed by atoms with Crippen LogP contribution in [-0.4, -0.2) is 38.2 Å². The SMILES string of the molecule is C=C[C@H](c1ccc2cc(OC)ccc2c1)N1CCNCC1.Cl.Cl. The Bertz CT molecular complexity index is 642. The van der Waals surface area contributed by atoms with Gasteiger partial charge in [-0.15, -0.1) is 31.4 Å². The van der Waals surface area contributed by atoms with Crippen LogP contribution in [0.1, 0.15) is 11.6 Å². The molecule has 3 nitrogen and oxygen atoms in total. The Morgan fingerprint density at radius 3 is 2.39 bits per heavy atom. The number of hydrogen-bond donors (Lipinski definition) is 1. The summed E-state index contributed by atoms with van der Waals surface area (Å²) >= 11 is 0. The largest absolute Gasteiger partial charge is 0.497 e. The Morgan fingerprint density at radius 2 is 1.74 bits per heavy atom. The molecule has 0 aromatic heterocycles. The highest BCUT2D eigenvalue weighted by molar-refractivity contribution is 5.86. The van der Waals surface area contributed by atoms with Gasteiger partial charge in [-0.25, -0.2) is 0 Å². The van der Waals surface area contributed by atoms with E-state index in [2.05, 4.69) is 53.2 Å². The Kier molecular flexibility index (Phi) is 7.86. The molecule has 0 aliphatic carbocycles. The van der Waals surface area contributed by atoms with E-state index >= 15 is 0 Å². The normalized spacial score (nSPS) is 16.0. The van der Waals surface area contributed by atoms with Gasteiger partial charge in [-0.3, -0.25) is 4.90 Å². The standard InChI is InChI=1S/C18H22N2O.2ClH/c1-3-18(20-10-8-19-9-11-20)16-5-4-15-13-17(21-2)7-6-14(15)12-16;;/h3-7,12-13,18-19H,1,8-11H2,2H3;2*1H/t18-;;/m1../s1. The summed E-state index contributed by atoms with van der Waals surface area (Å²) in [6.45, 7) is 8.27. The molecule has 0 radical (unpaired) electrons. The molecule has 0 bridgehead atoms. The van der Waals surface area contributed by atoms with Crippen LogP contribution in [0.3, 0.4) is 0 Å². The van der Waals surface area contributed by atoms with E-state index in [9.17, 15) is 0 Å². The third-order valence-electron chi connectivity index (χ3n) is 4.18. The van der Waals surface area contributed by atoms with Crippen molar-refractivity contribution in [2.24, 2.45) is 0 Å². The number of methoxy groups -OCH3 is 1. The fraction of sp³-hybridized carbons (Fsp3) is 0.333. The molecule has 1 aliphatic heterocycles. The van der Waals surface area contributed by atoms with Crippen LogP contribution < -0.4 is 10.1 Å². The minimum absolute atomic E-state index is 0. The van der Waals surface area contributed by atoms with E-state index < -0.39 is 0 Å². The third-order valence-corrected chi connectivity index (χ3v) is 4.18. The lowest BCUT2D eigenvalue weighted by Gasteiger charge is -2.33. The van der Waals surface area contributed by atoms with Crippen molar-refractivity contribution in [3.05, 3.63) is 54.6 Å². The molecule has 0 amide bonds. The second-order valence-corrected chi connectivity index (χ2v) is 5.44. The van der Waals surface area contributed by atoms with Crippen LogP contribution in [0, 0.1) is 0 Å². The lowest BCUT2D eigenvalue weighted by molar-refractivity contribution is 0.203. The number of nitrogens with one attached hydrogen (secondary N) is 1. The average molecular weight is 355 g/mol. The number of piperazine rings is 1. The molecule has 23 heavy (non-hydrogen) atoms. The van der Waals surface area contributed by atoms with Gasteiger partial charge in [0, 0.05) is 26.2 Å². The van der Waals surface area contributed by atoms with E-state index in [1.165, 1.54) is 16.3 Å². The number of rotatable bonds is 4. The van der Waals surface area contributed by atoms with E-state index in [0.29, 0.717) is 6.04 Å². The summed E-state index contributed by atoms with van der Waals surface area (Å²) < 4.78 is 5.28. The number of nitrogens with zero attached hydrogens (tertiary/aromatic N) is 1. The van der Waals surface area contributed by atoms with Crippen LogP contribution in [-0.2, 0) is 0 Å². The van der Waals surface area contributed by atoms with Crippen LogP contribution in [0.2, 0.25) is 0 Å². The molecule has 1 N–H and O–H groups in total. The van der Waals surface area contributed by atoms with Crippen LogP contribution in [0.5, 0.6) is 5.75 Å². The second kappa shape index (κ2) is 9.14. The number of fused-ring (bicyclic) bond motifs is 1. The zero-order chi connectivity index (χ0) is 14.7. The molecule has 0 unspecified atom stereocenters. The Balaban J connectivity index is 0.00000132. The summed E-state index contributed by atoms with van der Waals surface area (Å²) in [5, 5.41) is 5.85. The molecule has 3 rings (SSSR count). The van der Waals surface area contributed by atoms with Gasteiger partial charge in [0.15, 0.2) is 0 Å². The zero-order valence-corrected chi connectivity index (χ0v) is 15.0. The van der Waals surface area contributed by atoms with E-state index in [4.69, 9.17) is 4.74 Å². The quantitative estimate of drug-likeness (QED) is 0.844. The summed E-state index contributed by atoms with van der Waals surface area (Å²) in [5.41, 5.74) is 1.31. The molecule has 1 saturated heterocycles. The van der Waals surface area contributed by atoms with Gasteiger partial charge >= 0.3 is 0 Å². The maximum absolute atomic E-state index is 5.28.